The molecule has 0 spiro atoms. The Labute approximate surface area is 145 Å². The van der Waals surface area contributed by atoms with Crippen LogP contribution in [-0.2, 0) is 11.2 Å². The van der Waals surface area contributed by atoms with Gasteiger partial charge in [0.25, 0.3) is 0 Å². The van der Waals surface area contributed by atoms with Gasteiger partial charge in [0.15, 0.2) is 0 Å². The first kappa shape index (κ1) is 19.9. The van der Waals surface area contributed by atoms with Crippen LogP contribution in [0.15, 0.2) is 0 Å². The summed E-state index contributed by atoms with van der Waals surface area (Å²) in [6.07, 6.45) is 3.39. The maximum Gasteiger partial charge on any atom is 0.225 e. The van der Waals surface area contributed by atoms with E-state index < -0.39 is 0 Å². The van der Waals surface area contributed by atoms with Gasteiger partial charge in [0, 0.05) is 23.8 Å². The Kier molecular flexibility index (Phi) is 7.97. The topological polar surface area (TPSA) is 52.1 Å². The van der Waals surface area contributed by atoms with Crippen LogP contribution in [0.25, 0.3) is 0 Å². The Bertz CT molecular complexity index is 534. The zero-order valence-corrected chi connectivity index (χ0v) is 15.9. The molecule has 0 aliphatic heterocycles. The molecule has 1 fully saturated rings. The van der Waals surface area contributed by atoms with Crippen molar-refractivity contribution < 1.29 is 9.53 Å². The first-order chi connectivity index (χ1) is 11.1. The molecule has 3 atom stereocenters. The number of carbonyl (C=O) groups is 1. The lowest BCUT2D eigenvalue weighted by Crippen LogP contribution is -2.36. The van der Waals surface area contributed by atoms with E-state index in [2.05, 4.69) is 9.97 Å². The van der Waals surface area contributed by atoms with Gasteiger partial charge in [-0.3, -0.25) is 4.79 Å². The zero-order chi connectivity index (χ0) is 17.6. The third-order valence-corrected chi connectivity index (χ3v) is 4.78. The first-order valence-electron chi connectivity index (χ1n) is 8.74. The molecular formula is C18H29ClN2O2. The average molecular weight is 341 g/mol. The molecular weight excluding hydrogens is 312 g/mol. The summed E-state index contributed by atoms with van der Waals surface area (Å²) >= 11 is 5.99. The molecule has 3 unspecified atom stereocenters. The monoisotopic (exact) mass is 340 g/mol. The van der Waals surface area contributed by atoms with Crippen LogP contribution in [0.2, 0.25) is 5.28 Å². The molecule has 1 aromatic rings. The number of fused-ring (bicyclic) bond motifs is 3. The SMILES string of the molecule is CC.CC.COc1nc(Cl)nc2c1CCC1C(C)C(=O)CCC21. The summed E-state index contributed by atoms with van der Waals surface area (Å²) < 4.78 is 5.32. The molecule has 1 saturated carbocycles. The maximum atomic E-state index is 11.9. The number of ketones is 1. The summed E-state index contributed by atoms with van der Waals surface area (Å²) in [5.74, 6) is 1.83. The molecule has 3 rings (SSSR count). The number of hydrogen-bond donors (Lipinski definition) is 0. The van der Waals surface area contributed by atoms with E-state index in [9.17, 15) is 4.79 Å². The lowest BCUT2D eigenvalue weighted by atomic mass is 9.65. The number of ether oxygens (including phenoxy) is 1. The van der Waals surface area contributed by atoms with Crippen LogP contribution in [0.1, 0.15) is 71.1 Å². The van der Waals surface area contributed by atoms with E-state index in [1.54, 1.807) is 7.11 Å². The van der Waals surface area contributed by atoms with Gasteiger partial charge in [0.1, 0.15) is 5.78 Å². The number of Topliss-reactive ketones (excluding diaryl/α,β-unsaturated/α-hetero) is 1. The molecule has 23 heavy (non-hydrogen) atoms. The fourth-order valence-electron chi connectivity index (χ4n) is 3.59. The van der Waals surface area contributed by atoms with Crippen LogP contribution in [0.4, 0.5) is 0 Å². The number of hydrogen-bond acceptors (Lipinski definition) is 4. The summed E-state index contributed by atoms with van der Waals surface area (Å²) in [5.41, 5.74) is 2.09. The summed E-state index contributed by atoms with van der Waals surface area (Å²) in [4.78, 5) is 20.4. The highest BCUT2D eigenvalue weighted by atomic mass is 35.5. The summed E-state index contributed by atoms with van der Waals surface area (Å²) in [5, 5.41) is 0.237. The highest BCUT2D eigenvalue weighted by Crippen LogP contribution is 2.47. The first-order valence-corrected chi connectivity index (χ1v) is 9.12. The zero-order valence-electron chi connectivity index (χ0n) is 15.1. The minimum atomic E-state index is 0.131. The maximum absolute atomic E-state index is 11.9. The van der Waals surface area contributed by atoms with Gasteiger partial charge in [-0.1, -0.05) is 34.6 Å². The molecule has 0 bridgehead atoms. The highest BCUT2D eigenvalue weighted by molar-refractivity contribution is 6.28. The molecule has 5 heteroatoms. The minimum Gasteiger partial charge on any atom is -0.481 e. The van der Waals surface area contributed by atoms with E-state index in [0.717, 1.165) is 30.5 Å². The number of rotatable bonds is 1. The van der Waals surface area contributed by atoms with Gasteiger partial charge in [-0.15, -0.1) is 0 Å². The highest BCUT2D eigenvalue weighted by Gasteiger charge is 2.41. The number of carbonyl (C=O) groups excluding carboxylic acids is 1. The molecule has 1 heterocycles. The molecule has 2 aliphatic rings. The number of nitrogens with zero attached hydrogens (tertiary/aromatic N) is 2. The molecule has 4 nitrogen and oxygen atoms in total. The predicted octanol–water partition coefficient (Wildman–Crippen LogP) is 4.84. The second kappa shape index (κ2) is 9.21. The van der Waals surface area contributed by atoms with E-state index in [-0.39, 0.29) is 11.2 Å². The standard InChI is InChI=1S/C14H17ClN2O2.2C2H6/c1-7-8-3-4-10-12(9(8)5-6-11(7)18)16-14(15)17-13(10)19-2;2*1-2/h7-9H,3-6H2,1-2H3;2*1-2H3. The Balaban J connectivity index is 0.000000615. The van der Waals surface area contributed by atoms with Gasteiger partial charge < -0.3 is 4.74 Å². The molecule has 0 amide bonds. The van der Waals surface area contributed by atoms with Crippen molar-refractivity contribution in [2.45, 2.75) is 66.2 Å². The largest absolute Gasteiger partial charge is 0.481 e. The summed E-state index contributed by atoms with van der Waals surface area (Å²) in [7, 11) is 1.61. The molecule has 0 N–H and O–H groups in total. The van der Waals surface area contributed by atoms with E-state index in [1.807, 2.05) is 34.6 Å². The summed E-state index contributed by atoms with van der Waals surface area (Å²) in [6, 6.07) is 0. The Hall–Kier alpha value is -1.16. The predicted molar refractivity (Wildman–Crippen MR) is 94.2 cm³/mol. The van der Waals surface area contributed by atoms with E-state index in [4.69, 9.17) is 16.3 Å². The number of halogens is 1. The molecule has 0 aromatic carbocycles. The third-order valence-electron chi connectivity index (χ3n) is 4.61. The van der Waals surface area contributed by atoms with Crippen molar-refractivity contribution in [3.63, 3.8) is 0 Å². The van der Waals surface area contributed by atoms with E-state index in [1.165, 1.54) is 0 Å². The van der Waals surface area contributed by atoms with Crippen molar-refractivity contribution in [1.29, 1.82) is 0 Å². The smallest absolute Gasteiger partial charge is 0.225 e. The van der Waals surface area contributed by atoms with Crippen molar-refractivity contribution in [3.8, 4) is 5.88 Å². The fraction of sp³-hybridized carbons (Fsp3) is 0.722. The van der Waals surface area contributed by atoms with Crippen LogP contribution in [0.5, 0.6) is 5.88 Å². The van der Waals surface area contributed by atoms with Crippen LogP contribution in [0, 0.1) is 11.8 Å². The Morgan fingerprint density at radius 2 is 1.74 bits per heavy atom. The Morgan fingerprint density at radius 1 is 1.09 bits per heavy atom. The second-order valence-corrected chi connectivity index (χ2v) is 5.81. The molecule has 2 aliphatic carbocycles. The quantitative estimate of drug-likeness (QED) is 0.686. The van der Waals surface area contributed by atoms with Crippen molar-refractivity contribution in [1.82, 2.24) is 9.97 Å². The molecule has 0 saturated heterocycles. The van der Waals surface area contributed by atoms with Crippen molar-refractivity contribution in [3.05, 3.63) is 16.5 Å². The van der Waals surface area contributed by atoms with E-state index >= 15 is 0 Å². The molecule has 1 aromatic heterocycles. The normalized spacial score (nSPS) is 25.0. The van der Waals surface area contributed by atoms with Crippen molar-refractivity contribution >= 4 is 17.4 Å². The second-order valence-electron chi connectivity index (χ2n) is 5.47. The summed E-state index contributed by atoms with van der Waals surface area (Å²) in [6.45, 7) is 10.0. The van der Waals surface area contributed by atoms with Crippen molar-refractivity contribution in [2.24, 2.45) is 11.8 Å². The molecule has 0 radical (unpaired) electrons. The van der Waals surface area contributed by atoms with Gasteiger partial charge >= 0.3 is 0 Å². The van der Waals surface area contributed by atoms with Gasteiger partial charge in [0.2, 0.25) is 11.2 Å². The van der Waals surface area contributed by atoms with Gasteiger partial charge in [0.05, 0.1) is 12.8 Å². The third kappa shape index (κ3) is 4.03. The van der Waals surface area contributed by atoms with Gasteiger partial charge in [-0.05, 0) is 36.8 Å². The van der Waals surface area contributed by atoms with E-state index in [0.29, 0.717) is 29.9 Å². The van der Waals surface area contributed by atoms with Crippen molar-refractivity contribution in [2.75, 3.05) is 7.11 Å². The average Bonchev–Trinajstić information content (AvgIpc) is 2.60. The van der Waals surface area contributed by atoms with Gasteiger partial charge in [-0.25, -0.2) is 4.98 Å². The number of methoxy groups -OCH3 is 1. The minimum absolute atomic E-state index is 0.131. The van der Waals surface area contributed by atoms with Crippen LogP contribution < -0.4 is 4.74 Å². The Morgan fingerprint density at radius 3 is 2.35 bits per heavy atom. The van der Waals surface area contributed by atoms with Crippen LogP contribution >= 0.6 is 11.6 Å². The van der Waals surface area contributed by atoms with Crippen LogP contribution in [-0.4, -0.2) is 22.9 Å². The fourth-order valence-corrected chi connectivity index (χ4v) is 3.76. The van der Waals surface area contributed by atoms with Crippen LogP contribution in [0.3, 0.4) is 0 Å². The molecule has 130 valence electrons. The lowest BCUT2D eigenvalue weighted by molar-refractivity contribution is -0.126. The lowest BCUT2D eigenvalue weighted by Gasteiger charge is -2.39. The number of aromatic nitrogens is 2. The van der Waals surface area contributed by atoms with Gasteiger partial charge in [-0.2, -0.15) is 4.98 Å².